The van der Waals surface area contributed by atoms with E-state index in [4.69, 9.17) is 11.0 Å². The molecule has 4 rings (SSSR count). The van der Waals surface area contributed by atoms with Crippen molar-refractivity contribution in [3.63, 3.8) is 0 Å². The van der Waals surface area contributed by atoms with Gasteiger partial charge in [-0.15, -0.1) is 0 Å². The van der Waals surface area contributed by atoms with Crippen LogP contribution in [0, 0.1) is 11.6 Å². The third-order valence-electron chi connectivity index (χ3n) is 5.05. The monoisotopic (exact) mass is 442 g/mol. The number of fused-ring (bicyclic) bond motifs is 1. The van der Waals surface area contributed by atoms with Crippen molar-refractivity contribution in [1.82, 2.24) is 15.1 Å². The summed E-state index contributed by atoms with van der Waals surface area (Å²) in [6, 6.07) is -1.11. The van der Waals surface area contributed by atoms with Crippen LogP contribution >= 0.6 is 0 Å². The van der Waals surface area contributed by atoms with Crippen LogP contribution in [0.25, 0.3) is 0 Å². The number of carbonyl (C=O) groups is 4. The number of piperidine rings is 1. The third kappa shape index (κ3) is 3.48. The first-order valence-electron chi connectivity index (χ1n) is 13.4. The lowest BCUT2D eigenvalue weighted by atomic mass is 10.0. The van der Waals surface area contributed by atoms with Gasteiger partial charge in [-0.1, -0.05) is 0 Å². The number of rotatable bonds is 2. The van der Waals surface area contributed by atoms with Crippen LogP contribution in [0.4, 0.5) is 14.5 Å². The van der Waals surface area contributed by atoms with Gasteiger partial charge >= 0.3 is 0 Å². The number of nitrogens with one attached hydrogen (secondary N) is 1. The number of piperazine rings is 1. The highest BCUT2D eigenvalue weighted by atomic mass is 19.2. The molecule has 0 saturated carbocycles. The standard InChI is InChI=1S/C21H24F2N4O4/c1-21(2,3)26-8-6-25(7-9-26)13-10-11-15(17(23)16(13)22)20(31)27(19(11)30)12-4-5-14(28)24-18(12)29/h10,12H,4-9H2,1-3H3,(H,24,28,29)/t12-/m0/s1/i6D2,7D2,8D2,9D2. The number of benzene rings is 1. The summed E-state index contributed by atoms with van der Waals surface area (Å²) in [5, 5.41) is 1.93. The Morgan fingerprint density at radius 1 is 1.03 bits per heavy atom. The molecule has 2 fully saturated rings. The maximum Gasteiger partial charge on any atom is 0.265 e. The molecule has 1 aromatic carbocycles. The Hall–Kier alpha value is -2.88. The molecule has 31 heavy (non-hydrogen) atoms. The second kappa shape index (κ2) is 7.37. The van der Waals surface area contributed by atoms with E-state index in [1.165, 1.54) is 20.8 Å². The summed E-state index contributed by atoms with van der Waals surface area (Å²) in [7, 11) is 0. The van der Waals surface area contributed by atoms with E-state index in [-0.39, 0.29) is 17.7 Å². The molecule has 0 aromatic heterocycles. The molecule has 8 nitrogen and oxygen atoms in total. The molecule has 1 N–H and O–H groups in total. The highest BCUT2D eigenvalue weighted by Gasteiger charge is 2.47. The smallest absolute Gasteiger partial charge is 0.265 e. The Kier molecular flexibility index (Phi) is 3.21. The van der Waals surface area contributed by atoms with Crippen LogP contribution < -0.4 is 10.2 Å². The number of amides is 4. The second-order valence-electron chi connectivity index (χ2n) is 8.18. The number of halogens is 2. The van der Waals surface area contributed by atoms with E-state index in [1.807, 2.05) is 5.32 Å². The Labute approximate surface area is 189 Å². The molecular weight excluding hydrogens is 410 g/mol. The van der Waals surface area contributed by atoms with E-state index in [0.29, 0.717) is 15.9 Å². The Morgan fingerprint density at radius 3 is 2.26 bits per heavy atom. The molecule has 166 valence electrons. The molecule has 0 radical (unpaired) electrons. The maximum absolute atomic E-state index is 15.5. The van der Waals surface area contributed by atoms with E-state index in [2.05, 4.69) is 0 Å². The van der Waals surface area contributed by atoms with Gasteiger partial charge in [-0.05, 0) is 33.3 Å². The van der Waals surface area contributed by atoms with Crippen molar-refractivity contribution in [3.8, 4) is 0 Å². The number of hydrogen-bond acceptors (Lipinski definition) is 6. The van der Waals surface area contributed by atoms with Crippen LogP contribution in [0.15, 0.2) is 6.07 Å². The molecule has 1 aromatic rings. The first-order valence-corrected chi connectivity index (χ1v) is 9.37. The molecule has 2 saturated heterocycles. The summed E-state index contributed by atoms with van der Waals surface area (Å²) < 4.78 is 98.8. The average Bonchev–Trinajstić information content (AvgIpc) is 2.99. The molecule has 10 heteroatoms. The summed E-state index contributed by atoms with van der Waals surface area (Å²) in [6.45, 7) is -9.94. The zero-order chi connectivity index (χ0) is 29.8. The summed E-state index contributed by atoms with van der Waals surface area (Å²) in [6.07, 6.45) is -0.554. The van der Waals surface area contributed by atoms with Crippen molar-refractivity contribution in [2.45, 2.75) is 45.2 Å². The van der Waals surface area contributed by atoms with Gasteiger partial charge in [0.1, 0.15) is 6.04 Å². The van der Waals surface area contributed by atoms with Crippen LogP contribution in [0.1, 0.15) is 65.3 Å². The maximum atomic E-state index is 15.5. The molecular formula is C21H24F2N4O4. The molecule has 3 aliphatic rings. The number of imide groups is 2. The lowest BCUT2D eigenvalue weighted by molar-refractivity contribution is -0.136. The minimum absolute atomic E-state index is 0.243. The van der Waals surface area contributed by atoms with Gasteiger partial charge in [-0.2, -0.15) is 0 Å². The van der Waals surface area contributed by atoms with Gasteiger partial charge in [0.25, 0.3) is 11.8 Å². The van der Waals surface area contributed by atoms with Crippen LogP contribution in [-0.2, 0) is 9.59 Å². The van der Waals surface area contributed by atoms with E-state index in [1.54, 1.807) is 0 Å². The predicted octanol–water partition coefficient (Wildman–Crippen LogP) is 1.29. The average molecular weight is 442 g/mol. The predicted molar refractivity (Wildman–Crippen MR) is 107 cm³/mol. The zero-order valence-corrected chi connectivity index (χ0v) is 16.8. The molecule has 1 atom stereocenters. The largest absolute Gasteiger partial charge is 0.366 e. The van der Waals surface area contributed by atoms with Crippen LogP contribution in [0.5, 0.6) is 0 Å². The fourth-order valence-corrected chi connectivity index (χ4v) is 3.42. The molecule has 0 bridgehead atoms. The number of anilines is 1. The quantitative estimate of drug-likeness (QED) is 0.695. The van der Waals surface area contributed by atoms with Gasteiger partial charge in [-0.25, -0.2) is 8.78 Å². The normalized spacial score (nSPS) is 33.1. The minimum atomic E-state index is -3.58. The minimum Gasteiger partial charge on any atom is -0.366 e. The summed E-state index contributed by atoms with van der Waals surface area (Å²) in [4.78, 5) is 50.3. The number of carbonyl (C=O) groups excluding carboxylic acids is 4. The zero-order valence-electron chi connectivity index (χ0n) is 24.8. The van der Waals surface area contributed by atoms with E-state index >= 15 is 8.78 Å². The lowest BCUT2D eigenvalue weighted by Crippen LogP contribution is -2.54. The first kappa shape index (κ1) is 13.5. The molecule has 0 aliphatic carbocycles. The van der Waals surface area contributed by atoms with E-state index < -0.39 is 89.6 Å². The van der Waals surface area contributed by atoms with Crippen LogP contribution in [0.2, 0.25) is 0 Å². The summed E-state index contributed by atoms with van der Waals surface area (Å²) in [5.74, 6) is -8.47. The summed E-state index contributed by atoms with van der Waals surface area (Å²) >= 11 is 0. The van der Waals surface area contributed by atoms with E-state index in [0.717, 1.165) is 0 Å². The highest BCUT2D eigenvalue weighted by molar-refractivity contribution is 6.24. The van der Waals surface area contributed by atoms with Crippen LogP contribution in [0.3, 0.4) is 0 Å². The number of hydrogen-bond donors (Lipinski definition) is 1. The SMILES string of the molecule is [2H]C1([2H])N(c2cc3c(c(F)c2F)C(=O)N([C@H]2CCC(=O)NC2=O)C3=O)C([2H])([2H])C([2H])([2H])N(C(C)(C)C)C1([2H])[2H]. The van der Waals surface area contributed by atoms with Gasteiger partial charge in [-0.3, -0.25) is 34.3 Å². The highest BCUT2D eigenvalue weighted by Crippen LogP contribution is 2.35. The van der Waals surface area contributed by atoms with E-state index in [9.17, 15) is 19.2 Å². The third-order valence-corrected chi connectivity index (χ3v) is 5.05. The van der Waals surface area contributed by atoms with Crippen molar-refractivity contribution >= 4 is 29.3 Å². The van der Waals surface area contributed by atoms with Gasteiger partial charge in [0.15, 0.2) is 11.6 Å². The topological polar surface area (TPSA) is 90.0 Å². The molecule has 3 aliphatic heterocycles. The van der Waals surface area contributed by atoms with Gasteiger partial charge in [0.2, 0.25) is 11.8 Å². The second-order valence-corrected chi connectivity index (χ2v) is 8.18. The van der Waals surface area contributed by atoms with Crippen molar-refractivity contribution in [1.29, 1.82) is 0 Å². The van der Waals surface area contributed by atoms with Crippen LogP contribution in [-0.4, -0.2) is 71.0 Å². The fraction of sp³-hybridized carbons (Fsp3) is 0.524. The van der Waals surface area contributed by atoms with Crippen molar-refractivity contribution in [3.05, 3.63) is 28.8 Å². The lowest BCUT2D eigenvalue weighted by Gasteiger charge is -2.43. The van der Waals surface area contributed by atoms with Crippen molar-refractivity contribution in [2.75, 3.05) is 30.9 Å². The van der Waals surface area contributed by atoms with Gasteiger partial charge in [0.05, 0.1) is 22.3 Å². The summed E-state index contributed by atoms with van der Waals surface area (Å²) in [5.41, 5.74) is -4.85. The fourth-order valence-electron chi connectivity index (χ4n) is 3.42. The molecule has 0 spiro atoms. The van der Waals surface area contributed by atoms with Gasteiger partial charge in [0, 0.05) is 43.4 Å². The van der Waals surface area contributed by atoms with Crippen molar-refractivity contribution < 1.29 is 38.9 Å². The Morgan fingerprint density at radius 2 is 1.68 bits per heavy atom. The Balaban J connectivity index is 1.92. The Bertz CT molecular complexity index is 1310. The molecule has 3 heterocycles. The molecule has 0 unspecified atom stereocenters. The van der Waals surface area contributed by atoms with Gasteiger partial charge < -0.3 is 4.90 Å². The first-order chi connectivity index (χ1) is 17.5. The molecule has 4 amide bonds. The van der Waals surface area contributed by atoms with Crippen molar-refractivity contribution in [2.24, 2.45) is 0 Å². The number of nitrogens with zero attached hydrogens (tertiary/aromatic N) is 3.